The van der Waals surface area contributed by atoms with E-state index in [2.05, 4.69) is 0 Å². The van der Waals surface area contributed by atoms with Gasteiger partial charge in [-0.3, -0.25) is 14.5 Å². The number of para-hydroxylation sites is 1. The van der Waals surface area contributed by atoms with Crippen molar-refractivity contribution in [2.24, 2.45) is 0 Å². The molecular weight excluding hydrogens is 363 g/mol. The number of ketones is 1. The summed E-state index contributed by atoms with van der Waals surface area (Å²) < 4.78 is 49.1. The van der Waals surface area contributed by atoms with Gasteiger partial charge in [-0.2, -0.15) is 13.2 Å². The van der Waals surface area contributed by atoms with E-state index in [-0.39, 0.29) is 25.3 Å². The number of benzene rings is 2. The van der Waals surface area contributed by atoms with Gasteiger partial charge in [0.15, 0.2) is 5.78 Å². The largest absolute Gasteiger partial charge is 0.416 e. The van der Waals surface area contributed by atoms with Crippen molar-refractivity contribution < 1.29 is 32.2 Å². The molecule has 1 spiro atoms. The number of carbonyl (C=O) groups is 2. The van der Waals surface area contributed by atoms with Gasteiger partial charge in [0.2, 0.25) is 0 Å². The summed E-state index contributed by atoms with van der Waals surface area (Å²) in [5.74, 6) is -2.54. The summed E-state index contributed by atoms with van der Waals surface area (Å²) >= 11 is 0. The van der Waals surface area contributed by atoms with Crippen molar-refractivity contribution in [1.29, 1.82) is 0 Å². The van der Waals surface area contributed by atoms with Crippen molar-refractivity contribution in [2.45, 2.75) is 12.0 Å². The van der Waals surface area contributed by atoms with Gasteiger partial charge in [0.05, 0.1) is 31.0 Å². The second-order valence-electron chi connectivity index (χ2n) is 6.22. The molecule has 2 aromatic carbocycles. The van der Waals surface area contributed by atoms with E-state index in [1.54, 1.807) is 24.3 Å². The summed E-state index contributed by atoms with van der Waals surface area (Å²) in [5, 5.41) is 0. The molecule has 0 bridgehead atoms. The zero-order chi connectivity index (χ0) is 19.2. The first-order chi connectivity index (χ1) is 12.8. The number of nitrogens with zero attached hydrogens (tertiary/aromatic N) is 1. The number of halogens is 3. The van der Waals surface area contributed by atoms with E-state index in [1.165, 1.54) is 4.90 Å². The third-order valence-corrected chi connectivity index (χ3v) is 4.61. The predicted molar refractivity (Wildman–Crippen MR) is 88.2 cm³/mol. The minimum atomic E-state index is -4.48. The van der Waals surface area contributed by atoms with Crippen molar-refractivity contribution in [1.82, 2.24) is 0 Å². The average Bonchev–Trinajstić information content (AvgIpc) is 3.23. The fourth-order valence-electron chi connectivity index (χ4n) is 3.32. The fourth-order valence-corrected chi connectivity index (χ4v) is 3.32. The zero-order valence-electron chi connectivity index (χ0n) is 14.0. The lowest BCUT2D eigenvalue weighted by Crippen LogP contribution is -2.43. The van der Waals surface area contributed by atoms with Crippen molar-refractivity contribution in [2.75, 3.05) is 24.7 Å². The zero-order valence-corrected chi connectivity index (χ0v) is 14.0. The smallest absolute Gasteiger partial charge is 0.336 e. The van der Waals surface area contributed by atoms with Gasteiger partial charge >= 0.3 is 6.18 Å². The molecule has 0 unspecified atom stereocenters. The van der Waals surface area contributed by atoms with Crippen LogP contribution in [0.2, 0.25) is 0 Å². The minimum Gasteiger partial charge on any atom is -0.336 e. The minimum absolute atomic E-state index is 0.0856. The van der Waals surface area contributed by atoms with Crippen molar-refractivity contribution in [3.05, 3.63) is 65.2 Å². The summed E-state index contributed by atoms with van der Waals surface area (Å²) in [6.07, 6.45) is -4.48. The molecule has 2 aromatic rings. The van der Waals surface area contributed by atoms with Crippen molar-refractivity contribution in [3.8, 4) is 0 Å². The topological polar surface area (TPSA) is 55.8 Å². The Kier molecular flexibility index (Phi) is 4.05. The molecule has 2 aliphatic heterocycles. The van der Waals surface area contributed by atoms with Crippen LogP contribution in [0.4, 0.5) is 18.9 Å². The van der Waals surface area contributed by atoms with Gasteiger partial charge in [-0.1, -0.05) is 30.3 Å². The number of alkyl halides is 3. The lowest BCUT2D eigenvalue weighted by molar-refractivity contribution is -0.180. The molecule has 0 aliphatic carbocycles. The first kappa shape index (κ1) is 17.7. The standard InChI is InChI=1S/C19H14F3NO4/c20-19(21,22)13-7-5-12(6-8-13)16(24)11-23-15-4-2-1-3-14(15)18(17(23)25)26-9-10-27-18/h1-8H,9-11H2. The molecule has 5 nitrogen and oxygen atoms in total. The van der Waals surface area contributed by atoms with Gasteiger partial charge in [-0.25, -0.2) is 0 Å². The van der Waals surface area contributed by atoms with Gasteiger partial charge in [-0.05, 0) is 18.2 Å². The van der Waals surface area contributed by atoms with E-state index >= 15 is 0 Å². The maximum absolute atomic E-state index is 12.9. The summed E-state index contributed by atoms with van der Waals surface area (Å²) in [6, 6.07) is 10.7. The molecular formula is C19H14F3NO4. The van der Waals surface area contributed by atoms with E-state index in [0.717, 1.165) is 24.3 Å². The number of hydrogen-bond acceptors (Lipinski definition) is 4. The third-order valence-electron chi connectivity index (χ3n) is 4.61. The maximum Gasteiger partial charge on any atom is 0.416 e. The first-order valence-corrected chi connectivity index (χ1v) is 8.23. The quantitative estimate of drug-likeness (QED) is 0.772. The number of amides is 1. The Morgan fingerprint density at radius 1 is 1.04 bits per heavy atom. The number of fused-ring (bicyclic) bond motifs is 2. The lowest BCUT2D eigenvalue weighted by atomic mass is 10.1. The number of rotatable bonds is 3. The van der Waals surface area contributed by atoms with E-state index < -0.39 is 29.2 Å². The monoisotopic (exact) mass is 377 g/mol. The molecule has 0 aromatic heterocycles. The van der Waals surface area contributed by atoms with Crippen LogP contribution in [0.3, 0.4) is 0 Å². The second-order valence-corrected chi connectivity index (χ2v) is 6.22. The number of Topliss-reactive ketones (excluding diaryl/α,β-unsaturated/α-hetero) is 1. The Bertz CT molecular complexity index is 902. The molecule has 0 N–H and O–H groups in total. The summed E-state index contributed by atoms with van der Waals surface area (Å²) in [7, 11) is 0. The summed E-state index contributed by atoms with van der Waals surface area (Å²) in [4.78, 5) is 26.7. The van der Waals surface area contributed by atoms with Crippen LogP contribution in [0.25, 0.3) is 0 Å². The maximum atomic E-state index is 12.9. The SMILES string of the molecule is O=C(CN1C(=O)C2(OCCO2)c2ccccc21)c1ccc(C(F)(F)F)cc1. The molecule has 4 rings (SSSR count). The molecule has 27 heavy (non-hydrogen) atoms. The van der Waals surface area contributed by atoms with Crippen LogP contribution >= 0.6 is 0 Å². The molecule has 2 aliphatic rings. The Morgan fingerprint density at radius 2 is 1.67 bits per heavy atom. The predicted octanol–water partition coefficient (Wildman–Crippen LogP) is 3.13. The highest BCUT2D eigenvalue weighted by molar-refractivity contribution is 6.11. The van der Waals surface area contributed by atoms with Crippen LogP contribution in [0.5, 0.6) is 0 Å². The Labute approximate surface area is 152 Å². The van der Waals surface area contributed by atoms with E-state index in [1.807, 2.05) is 0 Å². The van der Waals surface area contributed by atoms with Crippen LogP contribution < -0.4 is 4.90 Å². The molecule has 0 saturated carbocycles. The molecule has 0 radical (unpaired) electrons. The van der Waals surface area contributed by atoms with Crippen molar-refractivity contribution >= 4 is 17.4 Å². The van der Waals surface area contributed by atoms with Crippen LogP contribution in [0, 0.1) is 0 Å². The Morgan fingerprint density at radius 3 is 2.30 bits per heavy atom. The summed E-state index contributed by atoms with van der Waals surface area (Å²) in [5.41, 5.74) is 0.258. The van der Waals surface area contributed by atoms with Gasteiger partial charge in [0.1, 0.15) is 0 Å². The normalized spacial score (nSPS) is 18.2. The van der Waals surface area contributed by atoms with Gasteiger partial charge in [-0.15, -0.1) is 0 Å². The molecule has 1 amide bonds. The fraction of sp³-hybridized carbons (Fsp3) is 0.263. The highest BCUT2D eigenvalue weighted by atomic mass is 19.4. The number of carbonyl (C=O) groups excluding carboxylic acids is 2. The van der Waals surface area contributed by atoms with Crippen LogP contribution in [0.15, 0.2) is 48.5 Å². The number of hydrogen-bond donors (Lipinski definition) is 0. The molecule has 1 saturated heterocycles. The molecule has 2 heterocycles. The molecule has 1 fully saturated rings. The van der Waals surface area contributed by atoms with Crippen LogP contribution in [-0.4, -0.2) is 31.4 Å². The van der Waals surface area contributed by atoms with Gasteiger partial charge in [0, 0.05) is 11.1 Å². The second kappa shape index (κ2) is 6.17. The van der Waals surface area contributed by atoms with E-state index in [4.69, 9.17) is 9.47 Å². The molecule has 140 valence electrons. The first-order valence-electron chi connectivity index (χ1n) is 8.23. The van der Waals surface area contributed by atoms with Crippen LogP contribution in [0.1, 0.15) is 21.5 Å². The highest BCUT2D eigenvalue weighted by Gasteiger charge is 2.56. The lowest BCUT2D eigenvalue weighted by Gasteiger charge is -2.21. The Hall–Kier alpha value is -2.71. The van der Waals surface area contributed by atoms with E-state index in [9.17, 15) is 22.8 Å². The third kappa shape index (κ3) is 2.81. The van der Waals surface area contributed by atoms with Gasteiger partial charge in [0.25, 0.3) is 11.7 Å². The molecule has 0 atom stereocenters. The summed E-state index contributed by atoms with van der Waals surface area (Å²) in [6.45, 7) is 0.178. The number of ether oxygens (including phenoxy) is 2. The Balaban J connectivity index is 1.61. The highest BCUT2D eigenvalue weighted by Crippen LogP contribution is 2.45. The van der Waals surface area contributed by atoms with E-state index in [0.29, 0.717) is 11.3 Å². The number of anilines is 1. The van der Waals surface area contributed by atoms with Gasteiger partial charge < -0.3 is 9.47 Å². The molecule has 8 heteroatoms. The van der Waals surface area contributed by atoms with Crippen molar-refractivity contribution in [3.63, 3.8) is 0 Å². The average molecular weight is 377 g/mol. The van der Waals surface area contributed by atoms with Crippen LogP contribution in [-0.2, 0) is 26.2 Å².